The zero-order valence-electron chi connectivity index (χ0n) is 13.1. The van der Waals surface area contributed by atoms with Crippen molar-refractivity contribution in [2.75, 3.05) is 7.05 Å². The highest BCUT2D eigenvalue weighted by molar-refractivity contribution is 7.89. The van der Waals surface area contributed by atoms with Gasteiger partial charge in [-0.05, 0) is 25.3 Å². The molecular formula is C15H27N3O2S. The molecule has 1 saturated carbocycles. The first-order chi connectivity index (χ1) is 10.0. The maximum Gasteiger partial charge on any atom is 0.244 e. The molecule has 1 heterocycles. The van der Waals surface area contributed by atoms with E-state index in [1.807, 2.05) is 4.57 Å². The molecule has 0 radical (unpaired) electrons. The molecule has 21 heavy (non-hydrogen) atoms. The van der Waals surface area contributed by atoms with Gasteiger partial charge in [0.25, 0.3) is 0 Å². The van der Waals surface area contributed by atoms with Gasteiger partial charge in [0.2, 0.25) is 10.0 Å². The molecule has 5 nitrogen and oxygen atoms in total. The van der Waals surface area contributed by atoms with Gasteiger partial charge in [-0.2, -0.15) is 4.31 Å². The van der Waals surface area contributed by atoms with Crippen LogP contribution in [0.4, 0.5) is 0 Å². The van der Waals surface area contributed by atoms with Crippen LogP contribution in [0.3, 0.4) is 0 Å². The summed E-state index contributed by atoms with van der Waals surface area (Å²) >= 11 is 0. The van der Waals surface area contributed by atoms with E-state index in [-0.39, 0.29) is 6.04 Å². The molecule has 0 saturated heterocycles. The van der Waals surface area contributed by atoms with E-state index in [0.29, 0.717) is 11.4 Å². The zero-order chi connectivity index (χ0) is 15.5. The minimum atomic E-state index is -3.41. The van der Waals surface area contributed by atoms with E-state index < -0.39 is 10.0 Å². The molecule has 1 aromatic rings. The van der Waals surface area contributed by atoms with Gasteiger partial charge in [0.05, 0.1) is 0 Å². The SMILES string of the molecule is CCCn1cc(S(=O)(=O)N(C)C2CCCCC2)cc1CN. The number of hydrogen-bond acceptors (Lipinski definition) is 3. The van der Waals surface area contributed by atoms with Crippen LogP contribution in [0, 0.1) is 0 Å². The van der Waals surface area contributed by atoms with Gasteiger partial charge in [-0.1, -0.05) is 26.2 Å². The standard InChI is InChI=1S/C15H27N3O2S/c1-3-9-18-12-15(10-14(18)11-16)21(19,20)17(2)13-7-5-4-6-8-13/h10,12-13H,3-9,11,16H2,1-2H3. The van der Waals surface area contributed by atoms with Crippen LogP contribution < -0.4 is 5.73 Å². The predicted octanol–water partition coefficient (Wildman–Crippen LogP) is 2.31. The second-order valence-electron chi connectivity index (χ2n) is 5.88. The Hall–Kier alpha value is -0.850. The predicted molar refractivity (Wildman–Crippen MR) is 84.4 cm³/mol. The number of sulfonamides is 1. The fraction of sp³-hybridized carbons (Fsp3) is 0.733. The molecule has 2 rings (SSSR count). The molecule has 2 N–H and O–H groups in total. The zero-order valence-corrected chi connectivity index (χ0v) is 13.9. The van der Waals surface area contributed by atoms with Crippen molar-refractivity contribution in [3.05, 3.63) is 18.0 Å². The summed E-state index contributed by atoms with van der Waals surface area (Å²) in [5.41, 5.74) is 6.61. The van der Waals surface area contributed by atoms with Crippen molar-refractivity contribution in [2.45, 2.75) is 69.5 Å². The topological polar surface area (TPSA) is 68.3 Å². The highest BCUT2D eigenvalue weighted by Gasteiger charge is 2.30. The Labute approximate surface area is 128 Å². The fourth-order valence-electron chi connectivity index (χ4n) is 3.09. The Morgan fingerprint density at radius 1 is 1.33 bits per heavy atom. The first-order valence-electron chi connectivity index (χ1n) is 7.87. The average Bonchev–Trinajstić information content (AvgIpc) is 2.91. The number of rotatable bonds is 6. The summed E-state index contributed by atoms with van der Waals surface area (Å²) in [6.45, 7) is 3.24. The van der Waals surface area contributed by atoms with Crippen molar-refractivity contribution in [1.29, 1.82) is 0 Å². The fourth-order valence-corrected chi connectivity index (χ4v) is 4.58. The first kappa shape index (κ1) is 16.5. The Morgan fingerprint density at radius 3 is 2.57 bits per heavy atom. The summed E-state index contributed by atoms with van der Waals surface area (Å²) in [5.74, 6) is 0. The van der Waals surface area contributed by atoms with Crippen LogP contribution in [0.15, 0.2) is 17.2 Å². The monoisotopic (exact) mass is 313 g/mol. The van der Waals surface area contributed by atoms with Gasteiger partial charge in [-0.15, -0.1) is 0 Å². The summed E-state index contributed by atoms with van der Waals surface area (Å²) < 4.78 is 29.1. The molecule has 0 aromatic carbocycles. The molecule has 1 aliphatic carbocycles. The normalized spacial score (nSPS) is 17.5. The highest BCUT2D eigenvalue weighted by atomic mass is 32.2. The van der Waals surface area contributed by atoms with Crippen molar-refractivity contribution < 1.29 is 8.42 Å². The average molecular weight is 313 g/mol. The molecule has 0 spiro atoms. The molecule has 0 bridgehead atoms. The Bertz CT molecular complexity index is 559. The minimum Gasteiger partial charge on any atom is -0.349 e. The molecule has 1 fully saturated rings. The molecule has 0 amide bonds. The van der Waals surface area contributed by atoms with E-state index in [1.165, 1.54) is 6.42 Å². The van der Waals surface area contributed by atoms with E-state index in [4.69, 9.17) is 5.73 Å². The lowest BCUT2D eigenvalue weighted by molar-refractivity contribution is 0.286. The maximum atomic E-state index is 12.8. The second-order valence-corrected chi connectivity index (χ2v) is 7.88. The van der Waals surface area contributed by atoms with Crippen LogP contribution in [0.2, 0.25) is 0 Å². The molecule has 0 atom stereocenters. The third-order valence-electron chi connectivity index (χ3n) is 4.40. The number of aryl methyl sites for hydroxylation is 1. The van der Waals surface area contributed by atoms with Crippen LogP contribution in [0.1, 0.15) is 51.1 Å². The van der Waals surface area contributed by atoms with Crippen LogP contribution in [-0.2, 0) is 23.1 Å². The Kier molecular flexibility index (Phi) is 5.46. The third kappa shape index (κ3) is 3.49. The summed E-state index contributed by atoms with van der Waals surface area (Å²) in [7, 11) is -1.70. The summed E-state index contributed by atoms with van der Waals surface area (Å²) in [6, 6.07) is 1.87. The van der Waals surface area contributed by atoms with Gasteiger partial charge in [-0.25, -0.2) is 8.42 Å². The number of nitrogens with two attached hydrogens (primary N) is 1. The smallest absolute Gasteiger partial charge is 0.244 e. The van der Waals surface area contributed by atoms with Gasteiger partial charge in [-0.3, -0.25) is 0 Å². The Balaban J connectivity index is 2.25. The molecule has 0 aliphatic heterocycles. The third-order valence-corrected chi connectivity index (χ3v) is 6.28. The second kappa shape index (κ2) is 6.94. The van der Waals surface area contributed by atoms with E-state index in [0.717, 1.165) is 44.3 Å². The van der Waals surface area contributed by atoms with Crippen molar-refractivity contribution in [3.8, 4) is 0 Å². The lowest BCUT2D eigenvalue weighted by atomic mass is 9.96. The minimum absolute atomic E-state index is 0.139. The molecule has 1 aromatic heterocycles. The van der Waals surface area contributed by atoms with Crippen molar-refractivity contribution in [3.63, 3.8) is 0 Å². The van der Waals surface area contributed by atoms with E-state index in [2.05, 4.69) is 6.92 Å². The summed E-state index contributed by atoms with van der Waals surface area (Å²) in [4.78, 5) is 0.379. The van der Waals surface area contributed by atoms with Crippen molar-refractivity contribution in [1.82, 2.24) is 8.87 Å². The van der Waals surface area contributed by atoms with Crippen molar-refractivity contribution in [2.24, 2.45) is 5.73 Å². The van der Waals surface area contributed by atoms with E-state index in [1.54, 1.807) is 23.6 Å². The maximum absolute atomic E-state index is 12.8. The van der Waals surface area contributed by atoms with Gasteiger partial charge >= 0.3 is 0 Å². The quantitative estimate of drug-likeness (QED) is 0.876. The van der Waals surface area contributed by atoms with Crippen molar-refractivity contribution >= 4 is 10.0 Å². The van der Waals surface area contributed by atoms with Gasteiger partial charge in [0.1, 0.15) is 4.90 Å². The Morgan fingerprint density at radius 2 is 2.00 bits per heavy atom. The number of aromatic nitrogens is 1. The molecule has 0 unspecified atom stereocenters. The number of hydrogen-bond donors (Lipinski definition) is 1. The van der Waals surface area contributed by atoms with E-state index in [9.17, 15) is 8.42 Å². The van der Waals surface area contributed by atoms with Gasteiger partial charge < -0.3 is 10.3 Å². The van der Waals surface area contributed by atoms with Crippen LogP contribution >= 0.6 is 0 Å². The molecule has 120 valence electrons. The van der Waals surface area contributed by atoms with Crippen LogP contribution in [0.5, 0.6) is 0 Å². The van der Waals surface area contributed by atoms with Gasteiger partial charge in [0.15, 0.2) is 0 Å². The number of nitrogens with zero attached hydrogens (tertiary/aromatic N) is 2. The van der Waals surface area contributed by atoms with Crippen LogP contribution in [0.25, 0.3) is 0 Å². The molecule has 6 heteroatoms. The lowest BCUT2D eigenvalue weighted by Crippen LogP contribution is -2.38. The van der Waals surface area contributed by atoms with Crippen LogP contribution in [-0.4, -0.2) is 30.4 Å². The largest absolute Gasteiger partial charge is 0.349 e. The van der Waals surface area contributed by atoms with E-state index >= 15 is 0 Å². The highest BCUT2D eigenvalue weighted by Crippen LogP contribution is 2.27. The first-order valence-corrected chi connectivity index (χ1v) is 9.31. The van der Waals surface area contributed by atoms with Gasteiger partial charge in [0, 0.05) is 38.1 Å². The molecular weight excluding hydrogens is 286 g/mol. The lowest BCUT2D eigenvalue weighted by Gasteiger charge is -2.30. The molecule has 1 aliphatic rings. The summed E-state index contributed by atoms with van der Waals surface area (Å²) in [5, 5.41) is 0. The summed E-state index contributed by atoms with van der Waals surface area (Å²) in [6.07, 6.45) is 8.09.